The van der Waals surface area contributed by atoms with E-state index in [4.69, 9.17) is 22.0 Å². The van der Waals surface area contributed by atoms with Gasteiger partial charge in [-0.1, -0.05) is 35.9 Å². The number of amides is 1. The van der Waals surface area contributed by atoms with Gasteiger partial charge in [0.15, 0.2) is 0 Å². The van der Waals surface area contributed by atoms with E-state index in [1.807, 2.05) is 0 Å². The summed E-state index contributed by atoms with van der Waals surface area (Å²) in [6.45, 7) is 0.187. The molecule has 0 heterocycles. The van der Waals surface area contributed by atoms with Crippen LogP contribution in [0.15, 0.2) is 60.3 Å². The largest absolute Gasteiger partial charge is 0.478 e. The highest BCUT2D eigenvalue weighted by molar-refractivity contribution is 6.31. The molecule has 2 aromatic carbocycles. The van der Waals surface area contributed by atoms with Crippen LogP contribution in [-0.2, 0) is 11.3 Å². The van der Waals surface area contributed by atoms with Gasteiger partial charge in [-0.3, -0.25) is 4.79 Å². The monoisotopic (exact) mass is 355 g/mol. The number of benzene rings is 2. The van der Waals surface area contributed by atoms with Crippen LogP contribution in [0, 0.1) is 11.3 Å². The standard InChI is InChI=1S/C18H14ClN3O3/c19-16-7-2-1-4-13(16)10-22-17(23)14(9-20)11-21-15-6-3-5-12(8-15)18(24)25/h1-8,11,21H,10H2,(H,22,23)(H,24,25)/b14-11-. The number of halogens is 1. The van der Waals surface area contributed by atoms with Crippen LogP contribution in [0.25, 0.3) is 0 Å². The first kappa shape index (κ1) is 18.0. The van der Waals surface area contributed by atoms with Crippen LogP contribution < -0.4 is 10.6 Å². The maximum Gasteiger partial charge on any atom is 0.335 e. The van der Waals surface area contributed by atoms with E-state index in [0.717, 1.165) is 5.56 Å². The number of hydrogen-bond acceptors (Lipinski definition) is 4. The molecule has 0 atom stereocenters. The van der Waals surface area contributed by atoms with E-state index in [2.05, 4.69) is 10.6 Å². The summed E-state index contributed by atoms with van der Waals surface area (Å²) in [6, 6.07) is 14.9. The summed E-state index contributed by atoms with van der Waals surface area (Å²) in [6.07, 6.45) is 1.23. The minimum absolute atomic E-state index is 0.0973. The van der Waals surface area contributed by atoms with Gasteiger partial charge in [0.25, 0.3) is 5.91 Å². The summed E-state index contributed by atoms with van der Waals surface area (Å²) in [5.74, 6) is -1.63. The number of carboxylic acid groups (broad SMARTS) is 1. The Morgan fingerprint density at radius 2 is 1.96 bits per heavy atom. The second-order valence-corrected chi connectivity index (χ2v) is 5.38. The maximum atomic E-state index is 12.1. The highest BCUT2D eigenvalue weighted by Gasteiger charge is 2.10. The first-order chi connectivity index (χ1) is 12.0. The fourth-order valence-electron chi connectivity index (χ4n) is 1.96. The summed E-state index contributed by atoms with van der Waals surface area (Å²) < 4.78 is 0. The van der Waals surface area contributed by atoms with Gasteiger partial charge in [0.2, 0.25) is 0 Å². The van der Waals surface area contributed by atoms with Gasteiger partial charge in [0, 0.05) is 23.5 Å². The molecule has 0 aromatic heterocycles. The van der Waals surface area contributed by atoms with Gasteiger partial charge < -0.3 is 15.7 Å². The fourth-order valence-corrected chi connectivity index (χ4v) is 2.16. The Labute approximate surface area is 149 Å². The van der Waals surface area contributed by atoms with Crippen molar-refractivity contribution >= 4 is 29.2 Å². The Hall–Kier alpha value is -3.30. The highest BCUT2D eigenvalue weighted by Crippen LogP contribution is 2.15. The molecular weight excluding hydrogens is 342 g/mol. The molecule has 0 aliphatic rings. The van der Waals surface area contributed by atoms with Crippen molar-refractivity contribution in [1.82, 2.24) is 5.32 Å². The molecule has 0 aliphatic heterocycles. The first-order valence-electron chi connectivity index (χ1n) is 7.23. The Morgan fingerprint density at radius 3 is 2.64 bits per heavy atom. The second-order valence-electron chi connectivity index (χ2n) is 4.97. The Balaban J connectivity index is 2.03. The molecule has 6 nitrogen and oxygen atoms in total. The molecule has 0 aliphatic carbocycles. The Kier molecular flexibility index (Phi) is 6.15. The number of nitriles is 1. The van der Waals surface area contributed by atoms with E-state index in [1.165, 1.54) is 18.3 Å². The van der Waals surface area contributed by atoms with Gasteiger partial charge in [-0.15, -0.1) is 0 Å². The molecule has 0 radical (unpaired) electrons. The van der Waals surface area contributed by atoms with Crippen molar-refractivity contribution in [3.63, 3.8) is 0 Å². The van der Waals surface area contributed by atoms with Crippen molar-refractivity contribution in [2.24, 2.45) is 0 Å². The molecule has 3 N–H and O–H groups in total. The fraction of sp³-hybridized carbons (Fsp3) is 0.0556. The third-order valence-electron chi connectivity index (χ3n) is 3.26. The number of carboxylic acids is 1. The van der Waals surface area contributed by atoms with E-state index >= 15 is 0 Å². The first-order valence-corrected chi connectivity index (χ1v) is 7.61. The third kappa shape index (κ3) is 5.09. The highest BCUT2D eigenvalue weighted by atomic mass is 35.5. The topological polar surface area (TPSA) is 102 Å². The van der Waals surface area contributed by atoms with Gasteiger partial charge in [-0.2, -0.15) is 5.26 Å². The van der Waals surface area contributed by atoms with Crippen LogP contribution in [0.5, 0.6) is 0 Å². The van der Waals surface area contributed by atoms with Crippen molar-refractivity contribution in [2.45, 2.75) is 6.54 Å². The van der Waals surface area contributed by atoms with Crippen LogP contribution in [0.1, 0.15) is 15.9 Å². The zero-order valence-electron chi connectivity index (χ0n) is 13.0. The lowest BCUT2D eigenvalue weighted by Gasteiger charge is -2.07. The molecule has 0 spiro atoms. The average molecular weight is 356 g/mol. The number of carbonyl (C=O) groups is 2. The summed E-state index contributed by atoms with van der Waals surface area (Å²) in [5.41, 5.74) is 1.14. The molecule has 25 heavy (non-hydrogen) atoms. The number of rotatable bonds is 6. The van der Waals surface area contributed by atoms with E-state index in [1.54, 1.807) is 42.5 Å². The maximum absolute atomic E-state index is 12.1. The Bertz CT molecular complexity index is 872. The number of anilines is 1. The average Bonchev–Trinajstić information content (AvgIpc) is 2.61. The minimum atomic E-state index is -1.06. The van der Waals surface area contributed by atoms with E-state index < -0.39 is 11.9 Å². The van der Waals surface area contributed by atoms with E-state index in [9.17, 15) is 9.59 Å². The van der Waals surface area contributed by atoms with Crippen LogP contribution >= 0.6 is 11.6 Å². The quantitative estimate of drug-likeness (QED) is 0.545. The lowest BCUT2D eigenvalue weighted by atomic mass is 10.2. The Morgan fingerprint density at radius 1 is 1.20 bits per heavy atom. The van der Waals surface area contributed by atoms with Gasteiger partial charge >= 0.3 is 5.97 Å². The second kappa shape index (κ2) is 8.52. The van der Waals surface area contributed by atoms with E-state index in [0.29, 0.717) is 10.7 Å². The third-order valence-corrected chi connectivity index (χ3v) is 3.62. The van der Waals surface area contributed by atoms with Crippen LogP contribution in [-0.4, -0.2) is 17.0 Å². The molecule has 0 bridgehead atoms. The van der Waals surface area contributed by atoms with Crippen LogP contribution in [0.4, 0.5) is 5.69 Å². The number of carbonyl (C=O) groups excluding carboxylic acids is 1. The van der Waals surface area contributed by atoms with Gasteiger partial charge in [-0.05, 0) is 29.8 Å². The molecule has 126 valence electrons. The molecule has 0 saturated carbocycles. The summed E-state index contributed by atoms with van der Waals surface area (Å²) in [7, 11) is 0. The van der Waals surface area contributed by atoms with Crippen molar-refractivity contribution < 1.29 is 14.7 Å². The predicted molar refractivity (Wildman–Crippen MR) is 94.0 cm³/mol. The number of nitrogens with one attached hydrogen (secondary N) is 2. The molecule has 2 aromatic rings. The van der Waals surface area contributed by atoms with Crippen molar-refractivity contribution in [3.8, 4) is 6.07 Å². The molecule has 0 fully saturated rings. The molecule has 7 heteroatoms. The summed E-state index contributed by atoms with van der Waals surface area (Å²) >= 11 is 6.01. The smallest absolute Gasteiger partial charge is 0.335 e. The van der Waals surface area contributed by atoms with Gasteiger partial charge in [0.05, 0.1) is 5.56 Å². The zero-order chi connectivity index (χ0) is 18.2. The van der Waals surface area contributed by atoms with Crippen molar-refractivity contribution in [1.29, 1.82) is 5.26 Å². The normalized spacial score (nSPS) is 10.6. The summed E-state index contributed by atoms with van der Waals surface area (Å²) in [5, 5.41) is 24.0. The van der Waals surface area contributed by atoms with Gasteiger partial charge in [-0.25, -0.2) is 4.79 Å². The molecular formula is C18H14ClN3O3. The number of hydrogen-bond donors (Lipinski definition) is 3. The van der Waals surface area contributed by atoms with Gasteiger partial charge in [0.1, 0.15) is 11.6 Å². The van der Waals surface area contributed by atoms with Crippen LogP contribution in [0.3, 0.4) is 0 Å². The van der Waals surface area contributed by atoms with E-state index in [-0.39, 0.29) is 17.7 Å². The van der Waals surface area contributed by atoms with Crippen molar-refractivity contribution in [3.05, 3.63) is 76.5 Å². The lowest BCUT2D eigenvalue weighted by molar-refractivity contribution is -0.117. The predicted octanol–water partition coefficient (Wildman–Crippen LogP) is 3.17. The molecule has 2 rings (SSSR count). The van der Waals surface area contributed by atoms with Crippen molar-refractivity contribution in [2.75, 3.05) is 5.32 Å². The number of nitrogens with zero attached hydrogens (tertiary/aromatic N) is 1. The molecule has 0 saturated heterocycles. The zero-order valence-corrected chi connectivity index (χ0v) is 13.7. The molecule has 1 amide bonds. The minimum Gasteiger partial charge on any atom is -0.478 e. The SMILES string of the molecule is N#C/C(=C/Nc1cccc(C(=O)O)c1)C(=O)NCc1ccccc1Cl. The summed E-state index contributed by atoms with van der Waals surface area (Å²) in [4.78, 5) is 23.0. The lowest BCUT2D eigenvalue weighted by Crippen LogP contribution is -2.24. The van der Waals surface area contributed by atoms with Crippen LogP contribution in [0.2, 0.25) is 5.02 Å². The number of aromatic carboxylic acids is 1. The molecule has 0 unspecified atom stereocenters.